The quantitative estimate of drug-likeness (QED) is 0.662. The maximum absolute atomic E-state index is 11.2. The molecule has 1 N–H and O–H groups in total. The Kier molecular flexibility index (Phi) is 4.66. The molecule has 3 heteroatoms. The first-order valence-corrected chi connectivity index (χ1v) is 4.11. The lowest BCUT2D eigenvalue weighted by atomic mass is 10.3. The second-order valence-corrected chi connectivity index (χ2v) is 2.84. The zero-order chi connectivity index (χ0) is 8.85. The largest absolute Gasteiger partial charge is 0.341 e. The monoisotopic (exact) mass is 158 g/mol. The van der Waals surface area contributed by atoms with Crippen molar-refractivity contribution in [1.82, 2.24) is 10.2 Å². The normalized spacial score (nSPS) is 9.91. The number of hydrogen-bond donors (Lipinski definition) is 1. The first-order valence-electron chi connectivity index (χ1n) is 4.11. The van der Waals surface area contributed by atoms with Gasteiger partial charge in [-0.25, -0.2) is 4.79 Å². The maximum atomic E-state index is 11.2. The molecule has 0 aromatic heterocycles. The fourth-order valence-corrected chi connectivity index (χ4v) is 0.979. The van der Waals surface area contributed by atoms with Gasteiger partial charge in [-0.1, -0.05) is 6.92 Å². The number of carbonyl (C=O) groups is 1. The lowest BCUT2D eigenvalue weighted by Crippen LogP contribution is -2.42. The molecule has 0 rings (SSSR count). The molecule has 0 aromatic rings. The molecule has 0 unspecified atom stereocenters. The van der Waals surface area contributed by atoms with Gasteiger partial charge in [0.2, 0.25) is 0 Å². The Hall–Kier alpha value is -0.730. The smallest absolute Gasteiger partial charge is 0.317 e. The molecule has 0 spiro atoms. The summed E-state index contributed by atoms with van der Waals surface area (Å²) < 4.78 is 0. The number of carbonyl (C=O) groups excluding carboxylic acids is 1. The summed E-state index contributed by atoms with van der Waals surface area (Å²) in [7, 11) is 1.66. The van der Waals surface area contributed by atoms with Gasteiger partial charge in [-0.2, -0.15) is 0 Å². The Morgan fingerprint density at radius 3 is 2.36 bits per heavy atom. The molecule has 2 amide bonds. The Balaban J connectivity index is 3.98. The van der Waals surface area contributed by atoms with E-state index in [1.165, 1.54) is 0 Å². The van der Waals surface area contributed by atoms with Crippen molar-refractivity contribution in [2.45, 2.75) is 33.2 Å². The molecule has 0 aromatic carbocycles. The van der Waals surface area contributed by atoms with Crippen molar-refractivity contribution >= 4 is 6.03 Å². The minimum absolute atomic E-state index is 0.0156. The highest BCUT2D eigenvalue weighted by Gasteiger charge is 2.12. The van der Waals surface area contributed by atoms with Gasteiger partial charge in [0.1, 0.15) is 0 Å². The van der Waals surface area contributed by atoms with Gasteiger partial charge in [0.05, 0.1) is 0 Å². The highest BCUT2D eigenvalue weighted by molar-refractivity contribution is 5.74. The van der Waals surface area contributed by atoms with Crippen molar-refractivity contribution in [3.63, 3.8) is 0 Å². The molecule has 0 atom stereocenters. The van der Waals surface area contributed by atoms with Crippen molar-refractivity contribution in [3.8, 4) is 0 Å². The highest BCUT2D eigenvalue weighted by Crippen LogP contribution is 1.99. The summed E-state index contributed by atoms with van der Waals surface area (Å²) in [5.74, 6) is 0. The molecular weight excluding hydrogens is 140 g/mol. The summed E-state index contributed by atoms with van der Waals surface area (Å²) in [4.78, 5) is 13.0. The Morgan fingerprint density at radius 1 is 1.55 bits per heavy atom. The topological polar surface area (TPSA) is 32.3 Å². The average molecular weight is 158 g/mol. The molecular formula is C8H18N2O. The van der Waals surface area contributed by atoms with E-state index < -0.39 is 0 Å². The predicted molar refractivity (Wildman–Crippen MR) is 46.6 cm³/mol. The van der Waals surface area contributed by atoms with Gasteiger partial charge in [-0.3, -0.25) is 0 Å². The van der Waals surface area contributed by atoms with E-state index >= 15 is 0 Å². The lowest BCUT2D eigenvalue weighted by Gasteiger charge is -2.25. The van der Waals surface area contributed by atoms with Crippen LogP contribution in [0.5, 0.6) is 0 Å². The van der Waals surface area contributed by atoms with Gasteiger partial charge in [0, 0.05) is 19.6 Å². The molecule has 0 saturated carbocycles. The van der Waals surface area contributed by atoms with E-state index in [1.807, 2.05) is 18.7 Å². The standard InChI is InChI=1S/C8H18N2O/c1-5-6-10(7(2)3)8(11)9-4/h7H,5-6H2,1-4H3,(H,9,11). The van der Waals surface area contributed by atoms with Crippen LogP contribution < -0.4 is 5.32 Å². The molecule has 0 aliphatic carbocycles. The summed E-state index contributed by atoms with van der Waals surface area (Å²) in [6.45, 7) is 6.94. The average Bonchev–Trinajstić information content (AvgIpc) is 1.98. The third kappa shape index (κ3) is 3.25. The maximum Gasteiger partial charge on any atom is 0.317 e. The van der Waals surface area contributed by atoms with Crippen LogP contribution in [0.4, 0.5) is 4.79 Å². The first-order chi connectivity index (χ1) is 5.13. The van der Waals surface area contributed by atoms with Crippen LogP contribution >= 0.6 is 0 Å². The fourth-order valence-electron chi connectivity index (χ4n) is 0.979. The van der Waals surface area contributed by atoms with E-state index in [0.29, 0.717) is 0 Å². The lowest BCUT2D eigenvalue weighted by molar-refractivity contribution is 0.185. The van der Waals surface area contributed by atoms with Gasteiger partial charge in [-0.05, 0) is 20.3 Å². The van der Waals surface area contributed by atoms with Crippen molar-refractivity contribution in [2.24, 2.45) is 0 Å². The van der Waals surface area contributed by atoms with Crippen LogP contribution in [0, 0.1) is 0 Å². The van der Waals surface area contributed by atoms with Crippen LogP contribution in [-0.4, -0.2) is 30.6 Å². The molecule has 0 radical (unpaired) electrons. The van der Waals surface area contributed by atoms with Crippen molar-refractivity contribution < 1.29 is 4.79 Å². The molecule has 0 heterocycles. The zero-order valence-electron chi connectivity index (χ0n) is 7.85. The van der Waals surface area contributed by atoms with E-state index in [0.717, 1.165) is 13.0 Å². The number of nitrogens with zero attached hydrogens (tertiary/aromatic N) is 1. The second-order valence-electron chi connectivity index (χ2n) is 2.84. The predicted octanol–water partition coefficient (Wildman–Crippen LogP) is 1.45. The molecule has 3 nitrogen and oxygen atoms in total. The van der Waals surface area contributed by atoms with E-state index in [9.17, 15) is 4.79 Å². The highest BCUT2D eigenvalue weighted by atomic mass is 16.2. The van der Waals surface area contributed by atoms with Crippen molar-refractivity contribution in [1.29, 1.82) is 0 Å². The van der Waals surface area contributed by atoms with Gasteiger partial charge < -0.3 is 10.2 Å². The van der Waals surface area contributed by atoms with Crippen molar-refractivity contribution in [3.05, 3.63) is 0 Å². The molecule has 0 aliphatic rings. The van der Waals surface area contributed by atoms with Gasteiger partial charge in [0.15, 0.2) is 0 Å². The summed E-state index contributed by atoms with van der Waals surface area (Å²) in [5, 5.41) is 2.62. The van der Waals surface area contributed by atoms with Crippen LogP contribution in [0.2, 0.25) is 0 Å². The van der Waals surface area contributed by atoms with Crippen LogP contribution in [-0.2, 0) is 0 Å². The SMILES string of the molecule is CCCN(C(=O)NC)C(C)C. The van der Waals surface area contributed by atoms with Gasteiger partial charge in [0.25, 0.3) is 0 Å². The van der Waals surface area contributed by atoms with Crippen LogP contribution in [0.1, 0.15) is 27.2 Å². The van der Waals surface area contributed by atoms with Crippen LogP contribution in [0.25, 0.3) is 0 Å². The molecule has 0 aliphatic heterocycles. The Labute approximate surface area is 68.8 Å². The summed E-state index contributed by atoms with van der Waals surface area (Å²) in [6, 6.07) is 0.303. The van der Waals surface area contributed by atoms with Crippen LogP contribution in [0.15, 0.2) is 0 Å². The van der Waals surface area contributed by atoms with E-state index in [2.05, 4.69) is 12.2 Å². The molecule has 0 bridgehead atoms. The molecule has 66 valence electrons. The summed E-state index contributed by atoms with van der Waals surface area (Å²) in [5.41, 5.74) is 0. The Morgan fingerprint density at radius 2 is 2.09 bits per heavy atom. The number of nitrogens with one attached hydrogen (secondary N) is 1. The minimum Gasteiger partial charge on any atom is -0.341 e. The second kappa shape index (κ2) is 4.99. The van der Waals surface area contributed by atoms with E-state index in [4.69, 9.17) is 0 Å². The first kappa shape index (κ1) is 10.3. The summed E-state index contributed by atoms with van der Waals surface area (Å²) in [6.07, 6.45) is 1.01. The van der Waals surface area contributed by atoms with Gasteiger partial charge >= 0.3 is 6.03 Å². The number of hydrogen-bond acceptors (Lipinski definition) is 1. The number of urea groups is 1. The fraction of sp³-hybridized carbons (Fsp3) is 0.875. The van der Waals surface area contributed by atoms with Crippen molar-refractivity contribution in [2.75, 3.05) is 13.6 Å². The van der Waals surface area contributed by atoms with Crippen LogP contribution in [0.3, 0.4) is 0 Å². The molecule has 0 saturated heterocycles. The third-order valence-corrected chi connectivity index (χ3v) is 1.56. The summed E-state index contributed by atoms with van der Waals surface area (Å²) >= 11 is 0. The van der Waals surface area contributed by atoms with E-state index in [1.54, 1.807) is 7.05 Å². The minimum atomic E-state index is 0.0156. The number of rotatable bonds is 3. The van der Waals surface area contributed by atoms with Gasteiger partial charge in [-0.15, -0.1) is 0 Å². The molecule has 0 fully saturated rings. The number of amides is 2. The Bertz CT molecular complexity index is 123. The zero-order valence-corrected chi connectivity index (χ0v) is 7.85. The third-order valence-electron chi connectivity index (χ3n) is 1.56. The van der Waals surface area contributed by atoms with E-state index in [-0.39, 0.29) is 12.1 Å². The molecule has 11 heavy (non-hydrogen) atoms.